The van der Waals surface area contributed by atoms with Gasteiger partial charge < -0.3 is 15.2 Å². The van der Waals surface area contributed by atoms with Gasteiger partial charge in [-0.2, -0.15) is 0 Å². The maximum absolute atomic E-state index is 11.3. The van der Waals surface area contributed by atoms with Crippen LogP contribution in [0.15, 0.2) is 24.3 Å². The number of hydrogen-bond acceptors (Lipinski definition) is 5. The molecule has 0 aromatic heterocycles. The summed E-state index contributed by atoms with van der Waals surface area (Å²) >= 11 is 0. The molecule has 1 atom stereocenters. The first kappa shape index (κ1) is 17.4. The fourth-order valence-corrected chi connectivity index (χ4v) is 1.49. The third-order valence-electron chi connectivity index (χ3n) is 2.24. The highest BCUT2D eigenvalue weighted by Gasteiger charge is 2.13. The van der Waals surface area contributed by atoms with E-state index in [1.807, 2.05) is 0 Å². The highest BCUT2D eigenvalue weighted by molar-refractivity contribution is 5.85. The monoisotopic (exact) mass is 287 g/mol. The molecule has 0 aliphatic carbocycles. The van der Waals surface area contributed by atoms with Gasteiger partial charge in [0.25, 0.3) is 0 Å². The average molecular weight is 288 g/mol. The van der Waals surface area contributed by atoms with Crippen molar-refractivity contribution in [2.45, 2.75) is 26.3 Å². The molecular formula is C13H18ClNO4. The van der Waals surface area contributed by atoms with Crippen molar-refractivity contribution >= 4 is 24.3 Å². The molecular weight excluding hydrogens is 270 g/mol. The van der Waals surface area contributed by atoms with Crippen LogP contribution in [-0.4, -0.2) is 18.5 Å². The summed E-state index contributed by atoms with van der Waals surface area (Å²) in [5.41, 5.74) is 6.61. The lowest BCUT2D eigenvalue weighted by Crippen LogP contribution is -2.17. The Kier molecular flexibility index (Phi) is 7.79. The third kappa shape index (κ3) is 6.22. The van der Waals surface area contributed by atoms with E-state index in [1.165, 1.54) is 6.92 Å². The van der Waals surface area contributed by atoms with E-state index in [4.69, 9.17) is 15.2 Å². The van der Waals surface area contributed by atoms with Crippen LogP contribution in [0.25, 0.3) is 0 Å². The molecule has 6 heteroatoms. The quantitative estimate of drug-likeness (QED) is 0.662. The second kappa shape index (κ2) is 8.50. The normalized spacial score (nSPS) is 11.1. The zero-order valence-electron chi connectivity index (χ0n) is 10.9. The molecule has 1 aromatic carbocycles. The summed E-state index contributed by atoms with van der Waals surface area (Å²) in [7, 11) is 0. The third-order valence-corrected chi connectivity index (χ3v) is 2.24. The lowest BCUT2D eigenvalue weighted by atomic mass is 10.0. The molecule has 0 fully saturated rings. The van der Waals surface area contributed by atoms with Gasteiger partial charge in [0, 0.05) is 13.0 Å². The lowest BCUT2D eigenvalue weighted by molar-refractivity contribution is -0.143. The van der Waals surface area contributed by atoms with Crippen LogP contribution in [0, 0.1) is 0 Å². The van der Waals surface area contributed by atoms with E-state index in [-0.39, 0.29) is 24.8 Å². The van der Waals surface area contributed by atoms with Crippen LogP contribution < -0.4 is 10.5 Å². The first-order valence-corrected chi connectivity index (χ1v) is 5.72. The van der Waals surface area contributed by atoms with E-state index < -0.39 is 12.0 Å². The van der Waals surface area contributed by atoms with Gasteiger partial charge in [0.15, 0.2) is 0 Å². The van der Waals surface area contributed by atoms with Gasteiger partial charge in [0.2, 0.25) is 0 Å². The number of benzene rings is 1. The standard InChI is InChI=1S/C13H17NO4.ClH/c1-3-17-13(16)8-12(14)10-5-4-6-11(7-10)18-9(2)15;/h4-7,12H,3,8,14H2,1-2H3;1H/t12-;/m0./s1. The fourth-order valence-electron chi connectivity index (χ4n) is 1.49. The molecule has 0 aliphatic rings. The van der Waals surface area contributed by atoms with E-state index in [0.717, 1.165) is 5.56 Å². The second-order valence-corrected chi connectivity index (χ2v) is 3.78. The highest BCUT2D eigenvalue weighted by Crippen LogP contribution is 2.20. The molecule has 19 heavy (non-hydrogen) atoms. The molecule has 0 saturated carbocycles. The summed E-state index contributed by atoms with van der Waals surface area (Å²) in [6, 6.07) is 6.32. The molecule has 106 valence electrons. The maximum atomic E-state index is 11.3. The summed E-state index contributed by atoms with van der Waals surface area (Å²) in [6.07, 6.45) is 0.0946. The Labute approximate surface area is 118 Å². The van der Waals surface area contributed by atoms with Crippen molar-refractivity contribution in [2.75, 3.05) is 6.61 Å². The Balaban J connectivity index is 0.00000324. The first-order chi connectivity index (χ1) is 8.52. The lowest BCUT2D eigenvalue weighted by Gasteiger charge is -2.12. The van der Waals surface area contributed by atoms with Gasteiger partial charge in [-0.25, -0.2) is 0 Å². The first-order valence-electron chi connectivity index (χ1n) is 5.72. The zero-order valence-corrected chi connectivity index (χ0v) is 11.7. The largest absolute Gasteiger partial charge is 0.466 e. The summed E-state index contributed by atoms with van der Waals surface area (Å²) in [4.78, 5) is 22.1. The van der Waals surface area contributed by atoms with Crippen molar-refractivity contribution in [2.24, 2.45) is 5.73 Å². The molecule has 5 nitrogen and oxygen atoms in total. The van der Waals surface area contributed by atoms with Crippen molar-refractivity contribution in [1.29, 1.82) is 0 Å². The minimum atomic E-state index is -0.473. The molecule has 0 amide bonds. The summed E-state index contributed by atoms with van der Waals surface area (Å²) < 4.78 is 9.77. The zero-order chi connectivity index (χ0) is 13.5. The number of esters is 2. The van der Waals surface area contributed by atoms with E-state index in [0.29, 0.717) is 12.4 Å². The highest BCUT2D eigenvalue weighted by atomic mass is 35.5. The van der Waals surface area contributed by atoms with Crippen LogP contribution >= 0.6 is 12.4 Å². The average Bonchev–Trinajstić information content (AvgIpc) is 2.28. The van der Waals surface area contributed by atoms with Crippen LogP contribution in [0.4, 0.5) is 0 Å². The summed E-state index contributed by atoms with van der Waals surface area (Å²) in [5, 5.41) is 0. The van der Waals surface area contributed by atoms with E-state index in [9.17, 15) is 9.59 Å². The van der Waals surface area contributed by atoms with Crippen LogP contribution in [0.5, 0.6) is 5.75 Å². The Hall–Kier alpha value is -1.59. The van der Waals surface area contributed by atoms with E-state index >= 15 is 0 Å². The summed E-state index contributed by atoms with van der Waals surface area (Å²) in [5.74, 6) is -0.326. The number of carbonyl (C=O) groups is 2. The van der Waals surface area contributed by atoms with Crippen molar-refractivity contribution in [3.05, 3.63) is 29.8 Å². The van der Waals surface area contributed by atoms with Gasteiger partial charge in [-0.15, -0.1) is 12.4 Å². The molecule has 0 spiro atoms. The van der Waals surface area contributed by atoms with Gasteiger partial charge in [0.05, 0.1) is 13.0 Å². The Morgan fingerprint density at radius 3 is 2.63 bits per heavy atom. The predicted molar refractivity (Wildman–Crippen MR) is 73.2 cm³/mol. The number of hydrogen-bond donors (Lipinski definition) is 1. The minimum Gasteiger partial charge on any atom is -0.466 e. The Morgan fingerprint density at radius 1 is 1.37 bits per heavy atom. The molecule has 1 rings (SSSR count). The van der Waals surface area contributed by atoms with Crippen molar-refractivity contribution in [3.8, 4) is 5.75 Å². The molecule has 0 heterocycles. The van der Waals surface area contributed by atoms with Gasteiger partial charge in [-0.05, 0) is 24.6 Å². The predicted octanol–water partition coefficient (Wildman–Crippen LogP) is 1.99. The molecule has 2 N–H and O–H groups in total. The Bertz CT molecular complexity index is 436. The van der Waals surface area contributed by atoms with Gasteiger partial charge in [-0.3, -0.25) is 9.59 Å². The van der Waals surface area contributed by atoms with E-state index in [2.05, 4.69) is 0 Å². The SMILES string of the molecule is CCOC(=O)C[C@H](N)c1cccc(OC(C)=O)c1.Cl. The number of carbonyl (C=O) groups excluding carboxylic acids is 2. The van der Waals surface area contributed by atoms with Crippen LogP contribution in [0.1, 0.15) is 31.9 Å². The van der Waals surface area contributed by atoms with E-state index in [1.54, 1.807) is 31.2 Å². The number of nitrogens with two attached hydrogens (primary N) is 1. The van der Waals surface area contributed by atoms with Crippen molar-refractivity contribution < 1.29 is 19.1 Å². The number of rotatable bonds is 5. The second-order valence-electron chi connectivity index (χ2n) is 3.78. The van der Waals surface area contributed by atoms with Crippen molar-refractivity contribution in [3.63, 3.8) is 0 Å². The molecule has 0 aliphatic heterocycles. The van der Waals surface area contributed by atoms with Crippen LogP contribution in [0.2, 0.25) is 0 Å². The number of ether oxygens (including phenoxy) is 2. The minimum absolute atomic E-state index is 0. The molecule has 1 aromatic rings. The van der Waals surface area contributed by atoms with Crippen molar-refractivity contribution in [1.82, 2.24) is 0 Å². The number of halogens is 1. The topological polar surface area (TPSA) is 78.6 Å². The molecule has 0 bridgehead atoms. The van der Waals surface area contributed by atoms with Gasteiger partial charge in [0.1, 0.15) is 5.75 Å². The molecule has 0 saturated heterocycles. The molecule has 0 unspecified atom stereocenters. The fraction of sp³-hybridized carbons (Fsp3) is 0.385. The maximum Gasteiger partial charge on any atom is 0.308 e. The molecule has 0 radical (unpaired) electrons. The van der Waals surface area contributed by atoms with Crippen LogP contribution in [0.3, 0.4) is 0 Å². The smallest absolute Gasteiger partial charge is 0.308 e. The van der Waals surface area contributed by atoms with Gasteiger partial charge in [-0.1, -0.05) is 12.1 Å². The summed E-state index contributed by atoms with van der Waals surface area (Å²) in [6.45, 7) is 3.40. The van der Waals surface area contributed by atoms with Gasteiger partial charge >= 0.3 is 11.9 Å². The Morgan fingerprint density at radius 2 is 2.05 bits per heavy atom. The van der Waals surface area contributed by atoms with Crippen LogP contribution in [-0.2, 0) is 14.3 Å².